The number of β-amino-alcohol motifs (C(OH)–C–C–N with tert-alkyl or cyclic N) is 1. The van der Waals surface area contributed by atoms with Gasteiger partial charge in [0.1, 0.15) is 0 Å². The molecule has 5 heteroatoms. The van der Waals surface area contributed by atoms with Crippen molar-refractivity contribution in [2.75, 3.05) is 19.6 Å². The van der Waals surface area contributed by atoms with Crippen molar-refractivity contribution in [3.8, 4) is 0 Å². The first-order chi connectivity index (χ1) is 8.59. The van der Waals surface area contributed by atoms with Gasteiger partial charge in [-0.25, -0.2) is 4.98 Å². The number of nitrogens with zero attached hydrogens (tertiary/aromatic N) is 2. The van der Waals surface area contributed by atoms with Gasteiger partial charge in [0.2, 0.25) is 0 Å². The molecule has 3 N–H and O–H groups in total. The number of nitrogens with one attached hydrogen (secondary N) is 2. The van der Waals surface area contributed by atoms with E-state index in [1.165, 1.54) is 5.69 Å². The quantitative estimate of drug-likeness (QED) is 0.684. The van der Waals surface area contributed by atoms with Gasteiger partial charge in [-0.2, -0.15) is 0 Å². The van der Waals surface area contributed by atoms with Crippen LogP contribution >= 0.6 is 0 Å². The molecular weight excluding hydrogens is 228 g/mol. The summed E-state index contributed by atoms with van der Waals surface area (Å²) in [4.78, 5) is 4.19. The number of aliphatic hydroxyl groups is 1. The van der Waals surface area contributed by atoms with E-state index < -0.39 is 5.60 Å². The summed E-state index contributed by atoms with van der Waals surface area (Å²) in [7, 11) is 0. The highest BCUT2D eigenvalue weighted by atomic mass is 16.3. The molecule has 1 aromatic rings. The van der Waals surface area contributed by atoms with E-state index in [0.717, 1.165) is 26.1 Å². The van der Waals surface area contributed by atoms with Crippen molar-refractivity contribution >= 4 is 0 Å². The molecule has 0 spiro atoms. The van der Waals surface area contributed by atoms with Crippen LogP contribution in [0.1, 0.15) is 26.0 Å². The smallest absolute Gasteiger partial charge is 0.0948 e. The van der Waals surface area contributed by atoms with Crippen molar-refractivity contribution < 1.29 is 5.11 Å². The Balaban J connectivity index is 1.81. The minimum absolute atomic E-state index is 0.580. The molecule has 2 heterocycles. The summed E-state index contributed by atoms with van der Waals surface area (Å²) in [5, 5.41) is 16.7. The van der Waals surface area contributed by atoms with Gasteiger partial charge in [0, 0.05) is 32.4 Å². The van der Waals surface area contributed by atoms with Crippen LogP contribution in [0.3, 0.4) is 0 Å². The van der Waals surface area contributed by atoms with Crippen molar-refractivity contribution in [2.24, 2.45) is 5.92 Å². The third kappa shape index (κ3) is 3.54. The van der Waals surface area contributed by atoms with E-state index in [1.54, 1.807) is 0 Å². The molecule has 2 rings (SSSR count). The second-order valence-electron chi connectivity index (χ2n) is 5.69. The van der Waals surface area contributed by atoms with Crippen molar-refractivity contribution in [3.63, 3.8) is 0 Å². The summed E-state index contributed by atoms with van der Waals surface area (Å²) in [6.45, 7) is 8.37. The second-order valence-corrected chi connectivity index (χ2v) is 5.69. The fourth-order valence-electron chi connectivity index (χ4n) is 2.36. The summed E-state index contributed by atoms with van der Waals surface area (Å²) in [6.07, 6.45) is 4.60. The molecule has 0 radical (unpaired) electrons. The van der Waals surface area contributed by atoms with Gasteiger partial charge in [0.05, 0.1) is 17.6 Å². The van der Waals surface area contributed by atoms with Gasteiger partial charge in [-0.15, -0.1) is 0 Å². The van der Waals surface area contributed by atoms with Gasteiger partial charge in [-0.05, 0) is 18.9 Å². The molecule has 1 aliphatic rings. The average molecular weight is 252 g/mol. The Bertz CT molecular complexity index is 369. The van der Waals surface area contributed by atoms with Gasteiger partial charge in [0.25, 0.3) is 0 Å². The lowest BCUT2D eigenvalue weighted by atomic mass is 10.0. The monoisotopic (exact) mass is 252 g/mol. The molecule has 0 aliphatic carbocycles. The van der Waals surface area contributed by atoms with Crippen LogP contribution in [0.4, 0.5) is 0 Å². The maximum absolute atomic E-state index is 10.2. The Morgan fingerprint density at radius 1 is 1.61 bits per heavy atom. The summed E-state index contributed by atoms with van der Waals surface area (Å²) < 4.78 is 2.18. The number of imidazole rings is 1. The molecule has 0 aromatic carbocycles. The first-order valence-corrected chi connectivity index (χ1v) is 6.72. The van der Waals surface area contributed by atoms with Crippen molar-refractivity contribution in [3.05, 3.63) is 18.2 Å². The van der Waals surface area contributed by atoms with Crippen LogP contribution < -0.4 is 10.6 Å². The van der Waals surface area contributed by atoms with Crippen molar-refractivity contribution in [1.29, 1.82) is 0 Å². The number of aromatic nitrogens is 2. The molecular formula is C13H24N4O. The van der Waals surface area contributed by atoms with E-state index >= 15 is 0 Å². The molecule has 0 unspecified atom stereocenters. The van der Waals surface area contributed by atoms with Crippen LogP contribution in [0.5, 0.6) is 0 Å². The maximum Gasteiger partial charge on any atom is 0.0948 e. The van der Waals surface area contributed by atoms with Crippen LogP contribution in [-0.4, -0.2) is 39.9 Å². The van der Waals surface area contributed by atoms with Crippen LogP contribution in [0, 0.1) is 5.92 Å². The molecule has 1 aliphatic heterocycles. The van der Waals surface area contributed by atoms with E-state index in [2.05, 4.69) is 34.0 Å². The molecule has 0 bridgehead atoms. The zero-order valence-electron chi connectivity index (χ0n) is 11.3. The summed E-state index contributed by atoms with van der Waals surface area (Å²) in [5.74, 6) is 0.612. The second kappa shape index (κ2) is 5.82. The molecule has 5 nitrogen and oxygen atoms in total. The fourth-order valence-corrected chi connectivity index (χ4v) is 2.36. The van der Waals surface area contributed by atoms with Crippen LogP contribution in [0.2, 0.25) is 0 Å². The van der Waals surface area contributed by atoms with Crippen LogP contribution in [0.15, 0.2) is 12.5 Å². The molecule has 0 saturated carbocycles. The lowest BCUT2D eigenvalue weighted by Gasteiger charge is -2.22. The van der Waals surface area contributed by atoms with Crippen molar-refractivity contribution in [2.45, 2.75) is 39.0 Å². The minimum Gasteiger partial charge on any atom is -0.387 e. The van der Waals surface area contributed by atoms with Gasteiger partial charge in [0.15, 0.2) is 0 Å². The van der Waals surface area contributed by atoms with E-state index in [0.29, 0.717) is 19.0 Å². The SMILES string of the molecule is CC(C)Cn1cncc1CNC[C@@]1(O)CCNC1. The maximum atomic E-state index is 10.2. The van der Waals surface area contributed by atoms with E-state index in [-0.39, 0.29) is 0 Å². The molecule has 102 valence electrons. The van der Waals surface area contributed by atoms with Gasteiger partial charge >= 0.3 is 0 Å². The highest BCUT2D eigenvalue weighted by Gasteiger charge is 2.30. The molecule has 1 fully saturated rings. The molecule has 18 heavy (non-hydrogen) atoms. The molecule has 1 aromatic heterocycles. The number of hydrogen-bond donors (Lipinski definition) is 3. The standard InChI is InChI=1S/C13H24N4O/c1-11(2)7-17-10-16-6-12(17)5-15-9-13(18)3-4-14-8-13/h6,10-11,14-15,18H,3-5,7-9H2,1-2H3/t13-/m1/s1. The Hall–Kier alpha value is -0.910. The topological polar surface area (TPSA) is 62.1 Å². The third-order valence-corrected chi connectivity index (χ3v) is 3.34. The first-order valence-electron chi connectivity index (χ1n) is 6.72. The first kappa shape index (κ1) is 13.5. The largest absolute Gasteiger partial charge is 0.387 e. The van der Waals surface area contributed by atoms with Gasteiger partial charge in [-0.1, -0.05) is 13.8 Å². The molecule has 1 saturated heterocycles. The predicted molar refractivity (Wildman–Crippen MR) is 71.2 cm³/mol. The highest BCUT2D eigenvalue weighted by molar-refractivity contribution is 4.99. The zero-order valence-corrected chi connectivity index (χ0v) is 11.3. The van der Waals surface area contributed by atoms with Crippen LogP contribution in [-0.2, 0) is 13.1 Å². The Labute approximate surface area is 109 Å². The third-order valence-electron chi connectivity index (χ3n) is 3.34. The minimum atomic E-state index is -0.580. The summed E-state index contributed by atoms with van der Waals surface area (Å²) in [5.41, 5.74) is 0.598. The number of hydrogen-bond acceptors (Lipinski definition) is 4. The normalized spacial score (nSPS) is 24.0. The fraction of sp³-hybridized carbons (Fsp3) is 0.769. The van der Waals surface area contributed by atoms with Crippen LogP contribution in [0.25, 0.3) is 0 Å². The lowest BCUT2D eigenvalue weighted by Crippen LogP contribution is -2.42. The summed E-state index contributed by atoms with van der Waals surface area (Å²) >= 11 is 0. The molecule has 0 amide bonds. The average Bonchev–Trinajstić information content (AvgIpc) is 2.89. The molecule has 1 atom stereocenters. The van der Waals surface area contributed by atoms with E-state index in [4.69, 9.17) is 0 Å². The van der Waals surface area contributed by atoms with E-state index in [1.807, 2.05) is 12.5 Å². The van der Waals surface area contributed by atoms with E-state index in [9.17, 15) is 5.11 Å². The predicted octanol–water partition coefficient (Wildman–Crippen LogP) is 0.353. The Morgan fingerprint density at radius 2 is 2.44 bits per heavy atom. The lowest BCUT2D eigenvalue weighted by molar-refractivity contribution is 0.0607. The number of rotatable bonds is 6. The van der Waals surface area contributed by atoms with Crippen molar-refractivity contribution in [1.82, 2.24) is 20.2 Å². The Kier molecular flexibility index (Phi) is 4.37. The highest BCUT2D eigenvalue weighted by Crippen LogP contribution is 2.13. The van der Waals surface area contributed by atoms with Gasteiger partial charge < -0.3 is 20.3 Å². The van der Waals surface area contributed by atoms with Gasteiger partial charge in [-0.3, -0.25) is 0 Å². The zero-order chi connectivity index (χ0) is 13.0. The Morgan fingerprint density at radius 3 is 3.11 bits per heavy atom. The summed E-state index contributed by atoms with van der Waals surface area (Å²) in [6, 6.07) is 0.